The van der Waals surface area contributed by atoms with Gasteiger partial charge in [-0.25, -0.2) is 9.13 Å². The van der Waals surface area contributed by atoms with Crippen LogP contribution in [0.25, 0.3) is 0 Å². The molecule has 2 aromatic rings. The Morgan fingerprint density at radius 2 is 1.26 bits per heavy atom. The first kappa shape index (κ1) is 25.7. The molecule has 2 nitrogen and oxygen atoms in total. The second-order valence-corrected chi connectivity index (χ2v) is 9.33. The van der Waals surface area contributed by atoms with E-state index in [-0.39, 0.29) is 0 Å². The molecule has 1 aromatic carbocycles. The summed E-state index contributed by atoms with van der Waals surface area (Å²) in [5, 5.41) is 0. The van der Waals surface area contributed by atoms with Gasteiger partial charge in [0.25, 0.3) is 5.82 Å². The molecule has 0 unspecified atom stereocenters. The summed E-state index contributed by atoms with van der Waals surface area (Å²) in [6.07, 6.45) is 26.5. The van der Waals surface area contributed by atoms with Crippen molar-refractivity contribution >= 4 is 0 Å². The molecule has 0 fully saturated rings. The van der Waals surface area contributed by atoms with E-state index in [0.717, 1.165) is 6.54 Å². The van der Waals surface area contributed by atoms with Crippen LogP contribution in [0.15, 0.2) is 42.7 Å². The Morgan fingerprint density at radius 1 is 0.645 bits per heavy atom. The lowest BCUT2D eigenvalue weighted by atomic mass is 10.1. The number of hydrogen-bond acceptors (Lipinski definition) is 0. The fraction of sp³-hybridized carbons (Fsp3) is 0.690. The van der Waals surface area contributed by atoms with Crippen LogP contribution in [0, 0.1) is 0 Å². The number of unbranched alkanes of at least 4 members (excludes halogenated alkanes) is 11. The molecule has 0 aliphatic carbocycles. The highest BCUT2D eigenvalue weighted by Gasteiger charge is 2.15. The van der Waals surface area contributed by atoms with Crippen molar-refractivity contribution in [3.05, 3.63) is 54.1 Å². The van der Waals surface area contributed by atoms with Gasteiger partial charge in [0.1, 0.15) is 12.4 Å². The summed E-state index contributed by atoms with van der Waals surface area (Å²) in [4.78, 5) is 0. The standard InChI is InChI=1S/C29H49N2/c1-3-5-6-7-8-9-10-11-12-13-14-18-24-30-26-27-31(29(30)20-4-2)25-19-23-28-21-16-15-17-22-28/h15-17,21-22,26-27H,3-14,18-20,23-25H2,1-2H3/q+1. The Labute approximate surface area is 193 Å². The van der Waals surface area contributed by atoms with E-state index in [0.29, 0.717) is 0 Å². The van der Waals surface area contributed by atoms with Gasteiger partial charge in [-0.1, -0.05) is 108 Å². The van der Waals surface area contributed by atoms with E-state index in [1.165, 1.54) is 121 Å². The lowest BCUT2D eigenvalue weighted by Gasteiger charge is -2.06. The molecule has 0 atom stereocenters. The van der Waals surface area contributed by atoms with Crippen molar-refractivity contribution in [3.63, 3.8) is 0 Å². The van der Waals surface area contributed by atoms with Gasteiger partial charge in [-0.15, -0.1) is 0 Å². The predicted octanol–water partition coefficient (Wildman–Crippen LogP) is 8.06. The average molecular weight is 426 g/mol. The molecule has 0 bridgehead atoms. The normalized spacial score (nSPS) is 11.3. The van der Waals surface area contributed by atoms with Gasteiger partial charge in [0.2, 0.25) is 0 Å². The number of hydrogen-bond donors (Lipinski definition) is 0. The first-order chi connectivity index (χ1) is 15.3. The van der Waals surface area contributed by atoms with Gasteiger partial charge in [0.05, 0.1) is 13.1 Å². The highest BCUT2D eigenvalue weighted by Crippen LogP contribution is 2.13. The fourth-order valence-corrected chi connectivity index (χ4v) is 4.64. The third-order valence-electron chi connectivity index (χ3n) is 6.52. The summed E-state index contributed by atoms with van der Waals surface area (Å²) >= 11 is 0. The third kappa shape index (κ3) is 11.0. The molecule has 0 aliphatic rings. The molecule has 1 heterocycles. The molecule has 0 aliphatic heterocycles. The molecule has 1 aromatic heterocycles. The van der Waals surface area contributed by atoms with Gasteiger partial charge >= 0.3 is 0 Å². The Hall–Kier alpha value is -1.57. The van der Waals surface area contributed by atoms with Crippen molar-refractivity contribution < 1.29 is 4.57 Å². The molecule has 0 saturated heterocycles. The number of imidazole rings is 1. The topological polar surface area (TPSA) is 8.81 Å². The molecule has 0 saturated carbocycles. The highest BCUT2D eigenvalue weighted by atomic mass is 15.1. The van der Waals surface area contributed by atoms with Crippen LogP contribution in [-0.2, 0) is 25.9 Å². The van der Waals surface area contributed by atoms with E-state index in [2.05, 4.69) is 65.7 Å². The van der Waals surface area contributed by atoms with Gasteiger partial charge in [-0.05, 0) is 37.7 Å². The Bertz CT molecular complexity index is 659. The maximum atomic E-state index is 2.53. The number of benzene rings is 1. The van der Waals surface area contributed by atoms with Crippen molar-refractivity contribution in [2.75, 3.05) is 0 Å². The van der Waals surface area contributed by atoms with Gasteiger partial charge in [0, 0.05) is 6.42 Å². The van der Waals surface area contributed by atoms with E-state index in [4.69, 9.17) is 0 Å². The smallest absolute Gasteiger partial charge is 0.234 e. The molecule has 2 heteroatoms. The lowest BCUT2D eigenvalue weighted by molar-refractivity contribution is -0.704. The number of rotatable bonds is 19. The maximum absolute atomic E-state index is 2.53. The maximum Gasteiger partial charge on any atom is 0.256 e. The molecule has 174 valence electrons. The zero-order valence-corrected chi connectivity index (χ0v) is 20.7. The van der Waals surface area contributed by atoms with Gasteiger partial charge in [-0.3, -0.25) is 0 Å². The zero-order chi connectivity index (χ0) is 22.0. The van der Waals surface area contributed by atoms with E-state index >= 15 is 0 Å². The molecule has 31 heavy (non-hydrogen) atoms. The van der Waals surface area contributed by atoms with Gasteiger partial charge < -0.3 is 0 Å². The molecule has 0 N–H and O–H groups in total. The number of aryl methyl sites for hydroxylation is 3. The minimum absolute atomic E-state index is 1.13. The molecular weight excluding hydrogens is 376 g/mol. The highest BCUT2D eigenvalue weighted by molar-refractivity contribution is 5.14. The number of aromatic nitrogens is 2. The Balaban J connectivity index is 1.58. The van der Waals surface area contributed by atoms with Crippen LogP contribution < -0.4 is 4.57 Å². The molecule has 0 radical (unpaired) electrons. The monoisotopic (exact) mass is 425 g/mol. The van der Waals surface area contributed by atoms with Crippen LogP contribution in [0.2, 0.25) is 0 Å². The second-order valence-electron chi connectivity index (χ2n) is 9.33. The van der Waals surface area contributed by atoms with Crippen LogP contribution in [0.1, 0.15) is 115 Å². The molecule has 2 rings (SSSR count). The van der Waals surface area contributed by atoms with E-state index in [1.807, 2.05) is 0 Å². The summed E-state index contributed by atoms with van der Waals surface area (Å²) < 4.78 is 5.04. The fourth-order valence-electron chi connectivity index (χ4n) is 4.64. The molecule has 0 spiro atoms. The quantitative estimate of drug-likeness (QED) is 0.159. The second kappa shape index (κ2) is 17.0. The van der Waals surface area contributed by atoms with Crippen LogP contribution in [0.3, 0.4) is 0 Å². The minimum atomic E-state index is 1.13. The van der Waals surface area contributed by atoms with Crippen molar-refractivity contribution in [2.45, 2.75) is 130 Å². The SMILES string of the molecule is CCCCCCCCCCCCCCn1cc[n+](CCCc2ccccc2)c1CCC. The zero-order valence-electron chi connectivity index (χ0n) is 20.7. The minimum Gasteiger partial charge on any atom is -0.234 e. The van der Waals surface area contributed by atoms with Crippen LogP contribution in [0.5, 0.6) is 0 Å². The largest absolute Gasteiger partial charge is 0.256 e. The summed E-state index contributed by atoms with van der Waals surface area (Å²) in [5.74, 6) is 1.53. The average Bonchev–Trinajstić information content (AvgIpc) is 3.17. The predicted molar refractivity (Wildman–Crippen MR) is 134 cm³/mol. The van der Waals surface area contributed by atoms with Crippen LogP contribution >= 0.6 is 0 Å². The van der Waals surface area contributed by atoms with Crippen molar-refractivity contribution in [2.24, 2.45) is 0 Å². The Morgan fingerprint density at radius 3 is 1.87 bits per heavy atom. The molecular formula is C29H49N2+. The van der Waals surface area contributed by atoms with Crippen LogP contribution in [-0.4, -0.2) is 4.57 Å². The van der Waals surface area contributed by atoms with E-state index in [9.17, 15) is 0 Å². The van der Waals surface area contributed by atoms with Gasteiger partial charge in [0.15, 0.2) is 0 Å². The molecule has 0 amide bonds. The van der Waals surface area contributed by atoms with Crippen molar-refractivity contribution in [3.8, 4) is 0 Å². The Kier molecular flexibility index (Phi) is 14.1. The van der Waals surface area contributed by atoms with Crippen LogP contribution in [0.4, 0.5) is 0 Å². The van der Waals surface area contributed by atoms with E-state index < -0.39 is 0 Å². The van der Waals surface area contributed by atoms with Crippen molar-refractivity contribution in [1.82, 2.24) is 4.57 Å². The van der Waals surface area contributed by atoms with Gasteiger partial charge in [-0.2, -0.15) is 0 Å². The summed E-state index contributed by atoms with van der Waals surface area (Å²) in [6.45, 7) is 6.93. The lowest BCUT2D eigenvalue weighted by Crippen LogP contribution is -2.37. The van der Waals surface area contributed by atoms with Crippen molar-refractivity contribution in [1.29, 1.82) is 0 Å². The number of nitrogens with zero attached hydrogens (tertiary/aromatic N) is 2. The summed E-state index contributed by atoms with van der Waals surface area (Å²) in [7, 11) is 0. The summed E-state index contributed by atoms with van der Waals surface area (Å²) in [5.41, 5.74) is 1.45. The first-order valence-corrected chi connectivity index (χ1v) is 13.5. The summed E-state index contributed by atoms with van der Waals surface area (Å²) in [6, 6.07) is 10.9. The third-order valence-corrected chi connectivity index (χ3v) is 6.52. The first-order valence-electron chi connectivity index (χ1n) is 13.5. The van der Waals surface area contributed by atoms with E-state index in [1.54, 1.807) is 0 Å².